The Hall–Kier alpha value is -2.98. The lowest BCUT2D eigenvalue weighted by Crippen LogP contribution is -1.96. The fraction of sp³-hybridized carbons (Fsp3) is 0.222. The zero-order valence-corrected chi connectivity index (χ0v) is 13.0. The lowest BCUT2D eigenvalue weighted by Gasteiger charge is -2.16. The van der Waals surface area contributed by atoms with Crippen LogP contribution in [0.2, 0.25) is 0 Å². The van der Waals surface area contributed by atoms with Crippen LogP contribution in [0.4, 0.5) is 0 Å². The highest BCUT2D eigenvalue weighted by Crippen LogP contribution is 2.36. The Morgan fingerprint density at radius 2 is 1.00 bits per heavy atom. The van der Waals surface area contributed by atoms with Crippen LogP contribution in [0, 0.1) is 50.7 Å². The fourth-order valence-electron chi connectivity index (χ4n) is 2.49. The molecule has 110 valence electrons. The Morgan fingerprint density at radius 3 is 1.32 bits per heavy atom. The maximum atomic E-state index is 8.67. The van der Waals surface area contributed by atoms with E-state index >= 15 is 0 Å². The Labute approximate surface area is 130 Å². The summed E-state index contributed by atoms with van der Waals surface area (Å²) in [6.45, 7) is 7.87. The minimum atomic E-state index is 0.572. The molecule has 2 rings (SSSR count). The molecule has 0 N–H and O–H groups in total. The van der Waals surface area contributed by atoms with Crippen LogP contribution >= 0.6 is 0 Å². The molecule has 2 aromatic carbocycles. The molecule has 22 heavy (non-hydrogen) atoms. The highest BCUT2D eigenvalue weighted by molar-refractivity contribution is 5.75. The van der Waals surface area contributed by atoms with E-state index in [9.17, 15) is 0 Å². The molecule has 0 saturated heterocycles. The zero-order chi connectivity index (χ0) is 16.3. The topological polar surface area (TPSA) is 66.0 Å². The third kappa shape index (κ3) is 2.60. The van der Waals surface area contributed by atoms with Crippen molar-refractivity contribution in [2.45, 2.75) is 27.7 Å². The number of nitriles is 2. The van der Waals surface area contributed by atoms with Crippen molar-refractivity contribution in [1.29, 1.82) is 10.5 Å². The van der Waals surface area contributed by atoms with Gasteiger partial charge in [0.15, 0.2) is 0 Å². The van der Waals surface area contributed by atoms with Crippen LogP contribution in [-0.2, 0) is 0 Å². The summed E-state index contributed by atoms with van der Waals surface area (Å²) in [6, 6.07) is 7.49. The summed E-state index contributed by atoms with van der Waals surface area (Å²) in [7, 11) is 0. The Kier molecular flexibility index (Phi) is 4.34. The van der Waals surface area contributed by atoms with Gasteiger partial charge in [-0.25, -0.2) is 0 Å². The van der Waals surface area contributed by atoms with Gasteiger partial charge in [0.05, 0.1) is 0 Å². The first-order valence-electron chi connectivity index (χ1n) is 6.84. The maximum absolute atomic E-state index is 8.67. The molecule has 4 nitrogen and oxygen atoms in total. The van der Waals surface area contributed by atoms with Crippen molar-refractivity contribution in [3.05, 3.63) is 46.5 Å². The van der Waals surface area contributed by atoms with Crippen molar-refractivity contribution in [2.24, 2.45) is 0 Å². The molecule has 0 atom stereocenters. The first-order chi connectivity index (χ1) is 10.5. The Bertz CT molecular complexity index is 742. The van der Waals surface area contributed by atoms with E-state index in [0.717, 1.165) is 33.4 Å². The van der Waals surface area contributed by atoms with Gasteiger partial charge in [-0.2, -0.15) is 0 Å². The molecule has 0 aliphatic heterocycles. The van der Waals surface area contributed by atoms with Crippen molar-refractivity contribution in [3.63, 3.8) is 0 Å². The second-order valence-corrected chi connectivity index (χ2v) is 5.11. The molecule has 0 saturated carbocycles. The SMILES string of the molecule is Cc1c(OC#N)ccc(-c2ccc(OC#N)c(C)c2C)c1C. The van der Waals surface area contributed by atoms with Crippen LogP contribution in [0.3, 0.4) is 0 Å². The number of benzene rings is 2. The standard InChI is InChI=1S/C18H16N2O2/c1-11-13(3)17(21-9-19)7-5-15(11)16-6-8-18(22-10-20)14(4)12(16)2/h5-8H,1-4H3. The molecule has 0 heterocycles. The van der Waals surface area contributed by atoms with Crippen molar-refractivity contribution in [3.8, 4) is 35.1 Å². The summed E-state index contributed by atoms with van der Waals surface area (Å²) in [6.07, 6.45) is 3.41. The van der Waals surface area contributed by atoms with Crippen molar-refractivity contribution in [2.75, 3.05) is 0 Å². The zero-order valence-electron chi connectivity index (χ0n) is 13.0. The highest BCUT2D eigenvalue weighted by Gasteiger charge is 2.14. The van der Waals surface area contributed by atoms with Gasteiger partial charge in [0.25, 0.3) is 12.5 Å². The predicted molar refractivity (Wildman–Crippen MR) is 83.3 cm³/mol. The third-order valence-electron chi connectivity index (χ3n) is 4.08. The normalized spacial score (nSPS) is 9.73. The minimum absolute atomic E-state index is 0.572. The number of ether oxygens (including phenoxy) is 2. The summed E-state index contributed by atoms with van der Waals surface area (Å²) in [5, 5.41) is 17.3. The highest BCUT2D eigenvalue weighted by atomic mass is 16.5. The van der Waals surface area contributed by atoms with Crippen molar-refractivity contribution < 1.29 is 9.47 Å². The molecular weight excluding hydrogens is 276 g/mol. The van der Waals surface area contributed by atoms with Crippen molar-refractivity contribution in [1.82, 2.24) is 0 Å². The van der Waals surface area contributed by atoms with Crippen LogP contribution in [0.5, 0.6) is 11.5 Å². The number of hydrogen-bond donors (Lipinski definition) is 0. The molecule has 4 heteroatoms. The first-order valence-corrected chi connectivity index (χ1v) is 6.84. The average Bonchev–Trinajstić information content (AvgIpc) is 2.50. The summed E-state index contributed by atoms with van der Waals surface area (Å²) in [5.74, 6) is 1.14. The molecule has 0 aliphatic carbocycles. The monoisotopic (exact) mass is 292 g/mol. The van der Waals surface area contributed by atoms with E-state index in [1.54, 1.807) is 24.6 Å². The number of nitrogens with zero attached hydrogens (tertiary/aromatic N) is 2. The van der Waals surface area contributed by atoms with E-state index < -0.39 is 0 Å². The largest absolute Gasteiger partial charge is 0.388 e. The Morgan fingerprint density at radius 1 is 0.636 bits per heavy atom. The van der Waals surface area contributed by atoms with Gasteiger partial charge in [-0.15, -0.1) is 10.5 Å². The van der Waals surface area contributed by atoms with Crippen LogP contribution in [0.15, 0.2) is 24.3 Å². The van der Waals surface area contributed by atoms with Gasteiger partial charge in [-0.1, -0.05) is 12.1 Å². The third-order valence-corrected chi connectivity index (χ3v) is 4.08. The number of hydrogen-bond acceptors (Lipinski definition) is 4. The summed E-state index contributed by atoms with van der Waals surface area (Å²) in [4.78, 5) is 0. The van der Waals surface area contributed by atoms with Crippen LogP contribution in [-0.4, -0.2) is 0 Å². The van der Waals surface area contributed by atoms with Gasteiger partial charge in [0.2, 0.25) is 0 Å². The smallest absolute Gasteiger partial charge is 0.292 e. The summed E-state index contributed by atoms with van der Waals surface area (Å²) in [5.41, 5.74) is 6.15. The second-order valence-electron chi connectivity index (χ2n) is 5.11. The van der Waals surface area contributed by atoms with Gasteiger partial charge in [-0.3, -0.25) is 0 Å². The molecular formula is C18H16N2O2. The van der Waals surface area contributed by atoms with Gasteiger partial charge >= 0.3 is 0 Å². The molecule has 0 aromatic heterocycles. The van der Waals surface area contributed by atoms with E-state index in [0.29, 0.717) is 11.5 Å². The van der Waals surface area contributed by atoms with Gasteiger partial charge in [0.1, 0.15) is 11.5 Å². The molecule has 0 aliphatic rings. The van der Waals surface area contributed by atoms with Gasteiger partial charge in [-0.05, 0) is 73.2 Å². The molecule has 0 unspecified atom stereocenters. The molecule has 0 bridgehead atoms. The lowest BCUT2D eigenvalue weighted by molar-refractivity contribution is 0.502. The second kappa shape index (κ2) is 6.20. The van der Waals surface area contributed by atoms with E-state index in [1.807, 2.05) is 39.8 Å². The van der Waals surface area contributed by atoms with Crippen LogP contribution in [0.1, 0.15) is 22.3 Å². The van der Waals surface area contributed by atoms with Crippen molar-refractivity contribution >= 4 is 0 Å². The predicted octanol–water partition coefficient (Wildman–Crippen LogP) is 4.31. The quantitative estimate of drug-likeness (QED) is 0.791. The average molecular weight is 292 g/mol. The van der Waals surface area contributed by atoms with Gasteiger partial charge in [0, 0.05) is 0 Å². The summed E-state index contributed by atoms with van der Waals surface area (Å²) >= 11 is 0. The molecule has 0 spiro atoms. The molecule has 0 amide bonds. The van der Waals surface area contributed by atoms with E-state index in [1.165, 1.54) is 0 Å². The first kappa shape index (κ1) is 15.4. The fourth-order valence-corrected chi connectivity index (χ4v) is 2.49. The maximum Gasteiger partial charge on any atom is 0.292 e. The lowest BCUT2D eigenvalue weighted by atomic mass is 9.91. The van der Waals surface area contributed by atoms with E-state index in [-0.39, 0.29) is 0 Å². The number of rotatable bonds is 3. The molecule has 0 fully saturated rings. The summed E-state index contributed by atoms with van der Waals surface area (Å²) < 4.78 is 9.93. The van der Waals surface area contributed by atoms with E-state index in [4.69, 9.17) is 20.0 Å². The van der Waals surface area contributed by atoms with Crippen LogP contribution in [0.25, 0.3) is 11.1 Å². The van der Waals surface area contributed by atoms with Crippen LogP contribution < -0.4 is 9.47 Å². The van der Waals surface area contributed by atoms with Gasteiger partial charge < -0.3 is 9.47 Å². The Balaban J connectivity index is 2.59. The van der Waals surface area contributed by atoms with E-state index in [2.05, 4.69) is 0 Å². The molecule has 0 radical (unpaired) electrons. The molecule has 2 aromatic rings. The minimum Gasteiger partial charge on any atom is -0.388 e.